The molecule has 0 aliphatic carbocycles. The Bertz CT molecular complexity index is 608. The Balaban J connectivity index is 2.13. The molecule has 0 fully saturated rings. The molecule has 0 bridgehead atoms. The van der Waals surface area contributed by atoms with E-state index in [4.69, 9.17) is 4.74 Å². The largest absolute Gasteiger partial charge is 0.385 e. The first-order chi connectivity index (χ1) is 10.2. The van der Waals surface area contributed by atoms with E-state index in [1.807, 2.05) is 11.4 Å². The molecule has 2 aromatic rings. The summed E-state index contributed by atoms with van der Waals surface area (Å²) in [5.74, 6) is -0.348. The number of ether oxygens (including phenoxy) is 1. The number of hydrogen-bond acceptors (Lipinski definition) is 4. The van der Waals surface area contributed by atoms with Crippen LogP contribution < -0.4 is 5.32 Å². The van der Waals surface area contributed by atoms with Crippen LogP contribution in [0.4, 0.5) is 0 Å². The van der Waals surface area contributed by atoms with Crippen molar-refractivity contribution < 1.29 is 14.3 Å². The van der Waals surface area contributed by atoms with E-state index in [9.17, 15) is 9.59 Å². The summed E-state index contributed by atoms with van der Waals surface area (Å²) in [7, 11) is 1.62. The third-order valence-corrected chi connectivity index (χ3v) is 3.84. The number of methoxy groups -OCH3 is 1. The second-order valence-electron chi connectivity index (χ2n) is 4.45. The van der Waals surface area contributed by atoms with E-state index < -0.39 is 0 Å². The molecule has 0 radical (unpaired) electrons. The molecule has 0 spiro atoms. The summed E-state index contributed by atoms with van der Waals surface area (Å²) < 4.78 is 4.94. The average Bonchev–Trinajstić information content (AvgIpc) is 3.05. The van der Waals surface area contributed by atoms with Gasteiger partial charge in [0.25, 0.3) is 5.91 Å². The molecule has 1 aromatic carbocycles. The van der Waals surface area contributed by atoms with Crippen LogP contribution in [0.2, 0.25) is 0 Å². The number of rotatable bonds is 7. The van der Waals surface area contributed by atoms with Gasteiger partial charge in [0.1, 0.15) is 0 Å². The minimum Gasteiger partial charge on any atom is -0.385 e. The van der Waals surface area contributed by atoms with Crippen LogP contribution in [0.5, 0.6) is 0 Å². The van der Waals surface area contributed by atoms with Crippen molar-refractivity contribution in [1.29, 1.82) is 0 Å². The first-order valence-corrected chi connectivity index (χ1v) is 7.56. The Labute approximate surface area is 127 Å². The van der Waals surface area contributed by atoms with Gasteiger partial charge in [0.15, 0.2) is 0 Å². The van der Waals surface area contributed by atoms with Crippen LogP contribution in [0, 0.1) is 0 Å². The summed E-state index contributed by atoms with van der Waals surface area (Å²) in [5, 5.41) is 4.65. The molecule has 2 rings (SSSR count). The zero-order chi connectivity index (χ0) is 15.1. The fourth-order valence-corrected chi connectivity index (χ4v) is 2.61. The highest BCUT2D eigenvalue weighted by molar-refractivity contribution is 7.12. The van der Waals surface area contributed by atoms with Crippen molar-refractivity contribution in [2.45, 2.75) is 6.42 Å². The summed E-state index contributed by atoms with van der Waals surface area (Å²) in [6.07, 6.45) is 0.739. The first kappa shape index (κ1) is 15.4. The van der Waals surface area contributed by atoms with Crippen LogP contribution in [0.3, 0.4) is 0 Å². The van der Waals surface area contributed by atoms with Gasteiger partial charge in [-0.1, -0.05) is 24.3 Å². The quantitative estimate of drug-likeness (QED) is 0.632. The van der Waals surface area contributed by atoms with Crippen molar-refractivity contribution in [2.75, 3.05) is 20.3 Å². The molecule has 0 saturated heterocycles. The molecule has 0 saturated carbocycles. The molecular formula is C16H17NO3S. The zero-order valence-corrected chi connectivity index (χ0v) is 12.6. The Morgan fingerprint density at radius 2 is 1.90 bits per heavy atom. The highest BCUT2D eigenvalue weighted by Crippen LogP contribution is 2.18. The fraction of sp³-hybridized carbons (Fsp3) is 0.250. The molecular weight excluding hydrogens is 286 g/mol. The van der Waals surface area contributed by atoms with Gasteiger partial charge in [0.05, 0.1) is 10.4 Å². The van der Waals surface area contributed by atoms with Crippen molar-refractivity contribution in [1.82, 2.24) is 5.32 Å². The monoisotopic (exact) mass is 303 g/mol. The molecule has 0 aliphatic heterocycles. The molecule has 110 valence electrons. The molecule has 0 aliphatic rings. The van der Waals surface area contributed by atoms with Crippen molar-refractivity contribution in [3.05, 3.63) is 57.8 Å². The lowest BCUT2D eigenvalue weighted by Crippen LogP contribution is -2.27. The van der Waals surface area contributed by atoms with Gasteiger partial charge in [-0.2, -0.15) is 0 Å². The number of nitrogens with one attached hydrogen (secondary N) is 1. The molecule has 0 unspecified atom stereocenters. The SMILES string of the molecule is COCCCNC(=O)c1ccccc1C(=O)c1cccs1. The maximum absolute atomic E-state index is 12.4. The topological polar surface area (TPSA) is 55.4 Å². The van der Waals surface area contributed by atoms with E-state index in [0.717, 1.165) is 6.42 Å². The number of carbonyl (C=O) groups excluding carboxylic acids is 2. The third kappa shape index (κ3) is 4.00. The molecule has 4 nitrogen and oxygen atoms in total. The smallest absolute Gasteiger partial charge is 0.252 e. The number of thiophene rings is 1. The van der Waals surface area contributed by atoms with E-state index >= 15 is 0 Å². The highest BCUT2D eigenvalue weighted by atomic mass is 32.1. The summed E-state index contributed by atoms with van der Waals surface area (Å²) in [5.41, 5.74) is 0.845. The fourth-order valence-electron chi connectivity index (χ4n) is 1.93. The number of ketones is 1. The standard InChI is InChI=1S/C16H17NO3S/c1-20-10-5-9-17-16(19)13-7-3-2-6-12(13)15(18)14-8-4-11-21-14/h2-4,6-8,11H,5,9-10H2,1H3,(H,17,19). The Morgan fingerprint density at radius 1 is 1.14 bits per heavy atom. The molecule has 1 aromatic heterocycles. The van der Waals surface area contributed by atoms with Crippen molar-refractivity contribution >= 4 is 23.0 Å². The van der Waals surface area contributed by atoms with E-state index in [1.54, 1.807) is 37.4 Å². The van der Waals surface area contributed by atoms with E-state index in [0.29, 0.717) is 29.2 Å². The van der Waals surface area contributed by atoms with Gasteiger partial charge >= 0.3 is 0 Å². The predicted octanol–water partition coefficient (Wildman–Crippen LogP) is 2.75. The summed E-state index contributed by atoms with van der Waals surface area (Å²) in [4.78, 5) is 25.3. The van der Waals surface area contributed by atoms with E-state index in [1.165, 1.54) is 11.3 Å². The second kappa shape index (κ2) is 7.71. The number of benzene rings is 1. The molecule has 5 heteroatoms. The van der Waals surface area contributed by atoms with Gasteiger partial charge in [-0.15, -0.1) is 11.3 Å². The lowest BCUT2D eigenvalue weighted by molar-refractivity contribution is 0.0938. The van der Waals surface area contributed by atoms with Crippen LogP contribution in [-0.4, -0.2) is 32.0 Å². The van der Waals surface area contributed by atoms with Crippen LogP contribution >= 0.6 is 11.3 Å². The maximum Gasteiger partial charge on any atom is 0.252 e. The molecule has 0 atom stereocenters. The van der Waals surface area contributed by atoms with Crippen LogP contribution in [0.25, 0.3) is 0 Å². The minimum atomic E-state index is -0.230. The van der Waals surface area contributed by atoms with Gasteiger partial charge in [-0.25, -0.2) is 0 Å². The Hall–Kier alpha value is -1.98. The average molecular weight is 303 g/mol. The summed E-state index contributed by atoms with van der Waals surface area (Å²) >= 11 is 1.37. The van der Waals surface area contributed by atoms with Gasteiger partial charge in [-0.05, 0) is 23.9 Å². The molecule has 21 heavy (non-hydrogen) atoms. The van der Waals surface area contributed by atoms with E-state index in [-0.39, 0.29) is 11.7 Å². The van der Waals surface area contributed by atoms with Gasteiger partial charge < -0.3 is 10.1 Å². The highest BCUT2D eigenvalue weighted by Gasteiger charge is 2.18. The number of carbonyl (C=O) groups is 2. The molecule has 1 N–H and O–H groups in total. The Morgan fingerprint density at radius 3 is 2.57 bits per heavy atom. The first-order valence-electron chi connectivity index (χ1n) is 6.68. The molecule has 1 amide bonds. The predicted molar refractivity (Wildman–Crippen MR) is 83.0 cm³/mol. The lowest BCUT2D eigenvalue weighted by atomic mass is 10.0. The van der Waals surface area contributed by atoms with Gasteiger partial charge in [0, 0.05) is 25.8 Å². The Kier molecular flexibility index (Phi) is 5.66. The van der Waals surface area contributed by atoms with Crippen molar-refractivity contribution in [2.24, 2.45) is 0 Å². The van der Waals surface area contributed by atoms with Crippen LogP contribution in [0.15, 0.2) is 41.8 Å². The lowest BCUT2D eigenvalue weighted by Gasteiger charge is -2.08. The van der Waals surface area contributed by atoms with Crippen LogP contribution in [-0.2, 0) is 4.74 Å². The van der Waals surface area contributed by atoms with Crippen molar-refractivity contribution in [3.63, 3.8) is 0 Å². The summed E-state index contributed by atoms with van der Waals surface area (Å²) in [6, 6.07) is 10.5. The minimum absolute atomic E-state index is 0.118. The second-order valence-corrected chi connectivity index (χ2v) is 5.40. The third-order valence-electron chi connectivity index (χ3n) is 2.97. The number of amides is 1. The van der Waals surface area contributed by atoms with Crippen molar-refractivity contribution in [3.8, 4) is 0 Å². The van der Waals surface area contributed by atoms with Gasteiger partial charge in [-0.3, -0.25) is 9.59 Å². The van der Waals surface area contributed by atoms with Gasteiger partial charge in [0.2, 0.25) is 5.78 Å². The number of hydrogen-bond donors (Lipinski definition) is 1. The summed E-state index contributed by atoms with van der Waals surface area (Å²) in [6.45, 7) is 1.12. The normalized spacial score (nSPS) is 10.3. The van der Waals surface area contributed by atoms with E-state index in [2.05, 4.69) is 5.32 Å². The van der Waals surface area contributed by atoms with Crippen LogP contribution in [0.1, 0.15) is 32.0 Å². The maximum atomic E-state index is 12.4. The molecule has 1 heterocycles. The zero-order valence-electron chi connectivity index (χ0n) is 11.8.